The lowest BCUT2D eigenvalue weighted by Gasteiger charge is -2.40. The van der Waals surface area contributed by atoms with Crippen LogP contribution in [0.2, 0.25) is 0 Å². The van der Waals surface area contributed by atoms with Crippen LogP contribution in [0.15, 0.2) is 78.4 Å². The van der Waals surface area contributed by atoms with E-state index in [1.54, 1.807) is 30.3 Å². The SMILES string of the molecule is C=[N+]=C1NC(C(=O)NC(CCC)C(=O)C(=O)NCC(=O)NC(C(=O)O)c2ccccc2)CC2C=C(C=CC2C)C2CCC2c2ccc(cc2)CCCC(=O)N[C@H]1C1CCCCC1. The number of hydrogen-bond acceptors (Lipinski definition) is 6. The number of nitrogens with zero attached hydrogens (tertiary/aromatic N) is 1. The molecule has 7 rings (SSSR count). The number of hydrogen-bond donors (Lipinski definition) is 6. The van der Waals surface area contributed by atoms with Gasteiger partial charge in [0, 0.05) is 12.8 Å². The molecule has 13 heteroatoms. The van der Waals surface area contributed by atoms with E-state index in [2.05, 4.69) is 87.4 Å². The van der Waals surface area contributed by atoms with E-state index >= 15 is 0 Å². The van der Waals surface area contributed by atoms with Crippen LogP contribution in [0.3, 0.4) is 0 Å². The molecule has 8 atom stereocenters. The molecule has 2 aliphatic heterocycles. The maximum Gasteiger partial charge on any atom is 0.365 e. The molecule has 2 heterocycles. The fourth-order valence-corrected chi connectivity index (χ4v) is 9.49. The smallest absolute Gasteiger partial charge is 0.365 e. The van der Waals surface area contributed by atoms with Crippen molar-refractivity contribution >= 4 is 47.9 Å². The molecule has 0 spiro atoms. The minimum absolute atomic E-state index is 0.0644. The number of carboxylic acids is 1. The average molecular weight is 848 g/mol. The first-order valence-corrected chi connectivity index (χ1v) is 22.5. The van der Waals surface area contributed by atoms with Gasteiger partial charge < -0.3 is 26.4 Å². The first kappa shape index (κ1) is 45.7. The normalized spacial score (nSPS) is 25.2. The molecular weight excluding hydrogens is 785 g/mol. The van der Waals surface area contributed by atoms with E-state index < -0.39 is 60.2 Å². The molecule has 7 unspecified atom stereocenters. The summed E-state index contributed by atoms with van der Waals surface area (Å²) in [7, 11) is 0. The standard InChI is InChI=1S/C49H62N6O7/c1-4-12-39(45(58)48(60)51-29-42(57)55-44(49(61)62)34-16-9-6-10-17-34)53-47(59)40-28-36-27-35(22-19-30(36)2)38-26-25-37(38)32-23-20-31(21-24-32)13-11-18-41(56)54-43(46(50-3)52-40)33-14-7-5-8-15-33/h6,9-10,16-17,19-24,27,30,33,36-40,43-44H,3-5,7-8,11-15,18,25-26,28-29H2,1-2H3,(H5,51,53,54,55,56,57,59,60,61,62)/p+1/t30?,36?,37?,38?,39?,40?,43-,44?/m0/s1. The maximum absolute atomic E-state index is 14.6. The van der Waals surface area contributed by atoms with Gasteiger partial charge in [0.2, 0.25) is 17.6 Å². The maximum atomic E-state index is 14.6. The number of aryl methyl sites for hydroxylation is 1. The van der Waals surface area contributed by atoms with Crippen molar-refractivity contribution in [3.8, 4) is 0 Å². The van der Waals surface area contributed by atoms with Gasteiger partial charge in [-0.15, -0.1) is 0 Å². The second-order valence-corrected chi connectivity index (χ2v) is 17.5. The molecule has 0 aromatic heterocycles. The summed E-state index contributed by atoms with van der Waals surface area (Å²) >= 11 is 0. The molecule has 2 fully saturated rings. The summed E-state index contributed by atoms with van der Waals surface area (Å²) in [4.78, 5) is 80.0. The molecule has 6 N–H and O–H groups in total. The van der Waals surface area contributed by atoms with Crippen molar-refractivity contribution < 1.29 is 33.9 Å². The van der Waals surface area contributed by atoms with Gasteiger partial charge in [0.05, 0.1) is 12.6 Å². The van der Waals surface area contributed by atoms with Crippen molar-refractivity contribution in [1.82, 2.24) is 31.3 Å². The summed E-state index contributed by atoms with van der Waals surface area (Å²) < 4.78 is 4.45. The van der Waals surface area contributed by atoms with Crippen LogP contribution in [-0.2, 0) is 35.2 Å². The molecule has 330 valence electrons. The Bertz CT molecular complexity index is 2050. The van der Waals surface area contributed by atoms with Crippen molar-refractivity contribution in [1.29, 1.82) is 0 Å². The number of allylic oxidation sites excluding steroid dienone is 4. The number of amidine groups is 1. The quantitative estimate of drug-likeness (QED) is 0.1000. The second-order valence-electron chi connectivity index (χ2n) is 17.5. The lowest BCUT2D eigenvalue weighted by molar-refractivity contribution is -0.142. The third kappa shape index (κ3) is 11.8. The topological polar surface area (TPSA) is 197 Å². The van der Waals surface area contributed by atoms with Crippen LogP contribution in [0.25, 0.3) is 0 Å². The zero-order chi connectivity index (χ0) is 44.2. The average Bonchev–Trinajstić information content (AvgIpc) is 3.26. The van der Waals surface area contributed by atoms with E-state index in [0.717, 1.165) is 51.4 Å². The van der Waals surface area contributed by atoms with Crippen molar-refractivity contribution in [2.24, 2.45) is 23.7 Å². The second kappa shape index (κ2) is 21.8. The first-order chi connectivity index (χ1) is 29.9. The van der Waals surface area contributed by atoms with E-state index in [0.29, 0.717) is 48.9 Å². The molecule has 13 nitrogen and oxygen atoms in total. The van der Waals surface area contributed by atoms with Crippen LogP contribution in [0.5, 0.6) is 0 Å². The molecule has 2 aromatic rings. The monoisotopic (exact) mass is 847 g/mol. The molecule has 2 saturated carbocycles. The predicted molar refractivity (Wildman–Crippen MR) is 239 cm³/mol. The molecular formula is C49H63N6O7+. The van der Waals surface area contributed by atoms with Crippen molar-refractivity contribution in [2.45, 2.75) is 127 Å². The number of carbonyl (C=O) groups is 6. The Morgan fingerprint density at radius 3 is 2.27 bits per heavy atom. The lowest BCUT2D eigenvalue weighted by Crippen LogP contribution is -2.59. The third-order valence-corrected chi connectivity index (χ3v) is 13.2. The van der Waals surface area contributed by atoms with Crippen LogP contribution in [-0.4, -0.2) is 77.7 Å². The van der Waals surface area contributed by atoms with E-state index in [9.17, 15) is 33.9 Å². The van der Waals surface area contributed by atoms with Crippen molar-refractivity contribution in [3.63, 3.8) is 0 Å². The van der Waals surface area contributed by atoms with Gasteiger partial charge in [-0.1, -0.05) is 112 Å². The first-order valence-electron chi connectivity index (χ1n) is 22.5. The summed E-state index contributed by atoms with van der Waals surface area (Å²) in [6, 6.07) is 13.0. The van der Waals surface area contributed by atoms with Gasteiger partial charge in [-0.3, -0.25) is 29.3 Å². The summed E-state index contributed by atoms with van der Waals surface area (Å²) in [5.74, 6) is -3.45. The number of fused-ring (bicyclic) bond motifs is 11. The summed E-state index contributed by atoms with van der Waals surface area (Å²) in [5.41, 5.74) is 4.11. The fourth-order valence-electron chi connectivity index (χ4n) is 9.49. The molecule has 3 aliphatic carbocycles. The molecule has 2 aromatic carbocycles. The number of nitrogens with one attached hydrogen (secondary N) is 5. The number of rotatable bonds is 12. The predicted octanol–water partition coefficient (Wildman–Crippen LogP) is 4.76. The van der Waals surface area contributed by atoms with E-state index in [4.69, 9.17) is 0 Å². The van der Waals surface area contributed by atoms with Crippen LogP contribution in [0.1, 0.15) is 120 Å². The Morgan fingerprint density at radius 2 is 1.61 bits per heavy atom. The fraction of sp³-hybridized carbons (Fsp3) is 0.510. The van der Waals surface area contributed by atoms with E-state index in [1.165, 1.54) is 16.7 Å². The van der Waals surface area contributed by atoms with Gasteiger partial charge >= 0.3 is 11.8 Å². The Balaban J connectivity index is 1.24. The highest BCUT2D eigenvalue weighted by Gasteiger charge is 2.41. The Hall–Kier alpha value is -5.81. The third-order valence-electron chi connectivity index (χ3n) is 13.2. The highest BCUT2D eigenvalue weighted by molar-refractivity contribution is 6.38. The minimum atomic E-state index is -1.35. The minimum Gasteiger partial charge on any atom is -0.479 e. The van der Waals surface area contributed by atoms with Crippen LogP contribution >= 0.6 is 0 Å². The molecule has 5 aliphatic rings. The van der Waals surface area contributed by atoms with E-state index in [-0.39, 0.29) is 30.1 Å². The van der Waals surface area contributed by atoms with Gasteiger partial charge in [-0.2, -0.15) is 0 Å². The molecule has 0 saturated heterocycles. The zero-order valence-electron chi connectivity index (χ0n) is 36.1. The van der Waals surface area contributed by atoms with Gasteiger partial charge in [0.25, 0.3) is 11.8 Å². The number of carbonyl (C=O) groups excluding carboxylic acids is 5. The number of ketones is 1. The molecule has 62 heavy (non-hydrogen) atoms. The summed E-state index contributed by atoms with van der Waals surface area (Å²) in [6.07, 6.45) is 16.6. The van der Waals surface area contributed by atoms with Crippen LogP contribution < -0.4 is 31.3 Å². The number of Topliss-reactive ketones (excluding diaryl/α,β-unsaturated/α-hetero) is 1. The zero-order valence-corrected chi connectivity index (χ0v) is 36.1. The number of aliphatic carboxylic acids is 1. The number of amides is 4. The van der Waals surface area contributed by atoms with E-state index in [1.807, 2.05) is 6.92 Å². The summed E-state index contributed by atoms with van der Waals surface area (Å²) in [6.45, 7) is 7.22. The molecule has 0 radical (unpaired) electrons. The van der Waals surface area contributed by atoms with Gasteiger partial charge in [-0.05, 0) is 96.8 Å². The number of benzene rings is 2. The Labute approximate surface area is 364 Å². The van der Waals surface area contributed by atoms with Crippen molar-refractivity contribution in [2.75, 3.05) is 6.54 Å². The highest BCUT2D eigenvalue weighted by Crippen LogP contribution is 2.48. The largest absolute Gasteiger partial charge is 0.479 e. The number of carboxylic acid groups (broad SMARTS) is 1. The summed E-state index contributed by atoms with van der Waals surface area (Å²) in [5, 5.41) is 24.0. The Morgan fingerprint density at radius 1 is 0.887 bits per heavy atom. The Kier molecular flexibility index (Phi) is 16.1. The molecule has 4 amide bonds. The molecule has 4 bridgehead atoms. The van der Waals surface area contributed by atoms with Gasteiger partial charge in [-0.25, -0.2) is 9.46 Å². The van der Waals surface area contributed by atoms with Gasteiger partial charge in [0.1, 0.15) is 6.04 Å². The van der Waals surface area contributed by atoms with Crippen LogP contribution in [0.4, 0.5) is 0 Å². The lowest BCUT2D eigenvalue weighted by atomic mass is 9.64. The van der Waals surface area contributed by atoms with Gasteiger partial charge in [0.15, 0.2) is 18.8 Å². The highest BCUT2D eigenvalue weighted by atomic mass is 16.4. The van der Waals surface area contributed by atoms with Crippen LogP contribution in [0, 0.1) is 23.7 Å². The van der Waals surface area contributed by atoms with Crippen molar-refractivity contribution in [3.05, 3.63) is 95.1 Å².